The van der Waals surface area contributed by atoms with Gasteiger partial charge in [0.25, 0.3) is 0 Å². The fourth-order valence-corrected chi connectivity index (χ4v) is 5.08. The van der Waals surface area contributed by atoms with E-state index >= 15 is 0 Å². The third-order valence-corrected chi connectivity index (χ3v) is 7.35. The van der Waals surface area contributed by atoms with Gasteiger partial charge in [0.2, 0.25) is 0 Å². The van der Waals surface area contributed by atoms with E-state index < -0.39 is 0 Å². The van der Waals surface area contributed by atoms with Crippen LogP contribution in [0, 0.1) is 6.92 Å². The second-order valence-corrected chi connectivity index (χ2v) is 10.3. The molecule has 0 saturated carbocycles. The number of aryl methyl sites for hydroxylation is 1. The van der Waals surface area contributed by atoms with Crippen LogP contribution in [0.15, 0.2) is 140 Å². The van der Waals surface area contributed by atoms with Gasteiger partial charge in [-0.25, -0.2) is 0 Å². The van der Waals surface area contributed by atoms with E-state index in [2.05, 4.69) is 46.2 Å². The van der Waals surface area contributed by atoms with Gasteiger partial charge in [-0.15, -0.1) is 0 Å². The molecule has 4 N–H and O–H groups in total. The SMILES string of the molecule is Cc1cc(N(c2ccc(O)cc2)c2ccc(-c3ccc(N(c4ccc(O)cc4)c4ccc(O)cc4)cc3)cc2)ccc1O. The Morgan fingerprint density at radius 3 is 0.953 bits per heavy atom. The Morgan fingerprint density at radius 1 is 0.349 bits per heavy atom. The number of rotatable bonds is 7. The Balaban J connectivity index is 1.32. The lowest BCUT2D eigenvalue weighted by atomic mass is 10.0. The van der Waals surface area contributed by atoms with Crippen LogP contribution in [0.4, 0.5) is 34.1 Å². The molecule has 0 amide bonds. The maximum atomic E-state index is 10.1. The highest BCUT2D eigenvalue weighted by Gasteiger charge is 2.15. The van der Waals surface area contributed by atoms with Crippen molar-refractivity contribution < 1.29 is 20.4 Å². The maximum absolute atomic E-state index is 10.1. The summed E-state index contributed by atoms with van der Waals surface area (Å²) in [5.41, 5.74) is 8.24. The summed E-state index contributed by atoms with van der Waals surface area (Å²) >= 11 is 0. The minimum absolute atomic E-state index is 0.192. The first-order chi connectivity index (χ1) is 20.9. The molecule has 0 unspecified atom stereocenters. The van der Waals surface area contributed by atoms with Gasteiger partial charge < -0.3 is 30.2 Å². The van der Waals surface area contributed by atoms with Gasteiger partial charge >= 0.3 is 0 Å². The monoisotopic (exact) mass is 566 g/mol. The van der Waals surface area contributed by atoms with Crippen LogP contribution < -0.4 is 9.80 Å². The number of aromatic hydroxyl groups is 4. The predicted molar refractivity (Wildman–Crippen MR) is 173 cm³/mol. The standard InChI is InChI=1S/C37H30N2O4/c1-25-24-33(16-23-37(25)43)39(32-14-21-36(42)22-15-32)29-8-4-27(5-9-29)26-2-6-28(7-3-26)38(30-10-17-34(40)18-11-30)31-12-19-35(41)20-13-31/h2-24,40-43H,1H3. The molecule has 0 atom stereocenters. The molecule has 0 aliphatic carbocycles. The highest BCUT2D eigenvalue weighted by molar-refractivity contribution is 5.81. The second-order valence-electron chi connectivity index (χ2n) is 10.3. The molecule has 0 bridgehead atoms. The fourth-order valence-electron chi connectivity index (χ4n) is 5.08. The summed E-state index contributed by atoms with van der Waals surface area (Å²) in [5.74, 6) is 0.816. The van der Waals surface area contributed by atoms with Crippen LogP contribution in [0.3, 0.4) is 0 Å². The Labute approximate surface area is 250 Å². The quantitative estimate of drug-likeness (QED) is 0.154. The normalized spacial score (nSPS) is 10.8. The molecule has 0 aromatic heterocycles. The molecule has 6 rings (SSSR count). The van der Waals surface area contributed by atoms with E-state index in [1.54, 1.807) is 42.5 Å². The average Bonchev–Trinajstić information content (AvgIpc) is 3.03. The highest BCUT2D eigenvalue weighted by atomic mass is 16.3. The van der Waals surface area contributed by atoms with Crippen molar-refractivity contribution in [3.05, 3.63) is 145 Å². The molecule has 6 aromatic carbocycles. The number of phenols is 4. The molecular weight excluding hydrogens is 536 g/mol. The highest BCUT2D eigenvalue weighted by Crippen LogP contribution is 2.39. The molecule has 6 nitrogen and oxygen atoms in total. The number of phenolic OH excluding ortho intramolecular Hbond substituents is 4. The summed E-state index contributed by atoms with van der Waals surface area (Å²) in [6.07, 6.45) is 0. The average molecular weight is 567 g/mol. The van der Waals surface area contributed by atoms with Gasteiger partial charge in [0.15, 0.2) is 0 Å². The van der Waals surface area contributed by atoms with Gasteiger partial charge in [0, 0.05) is 34.1 Å². The maximum Gasteiger partial charge on any atom is 0.118 e. The first kappa shape index (κ1) is 27.3. The Morgan fingerprint density at radius 2 is 0.628 bits per heavy atom. The van der Waals surface area contributed by atoms with Gasteiger partial charge in [-0.3, -0.25) is 0 Å². The van der Waals surface area contributed by atoms with Crippen molar-refractivity contribution in [2.24, 2.45) is 0 Å². The summed E-state index contributed by atoms with van der Waals surface area (Å²) in [5, 5.41) is 39.6. The van der Waals surface area contributed by atoms with E-state index in [9.17, 15) is 20.4 Å². The van der Waals surface area contributed by atoms with Gasteiger partial charge in [0.1, 0.15) is 23.0 Å². The lowest BCUT2D eigenvalue weighted by molar-refractivity contribution is 0.471. The molecule has 43 heavy (non-hydrogen) atoms. The zero-order chi connectivity index (χ0) is 29.9. The van der Waals surface area contributed by atoms with Crippen LogP contribution in [-0.4, -0.2) is 20.4 Å². The molecule has 0 saturated heterocycles. The second kappa shape index (κ2) is 11.5. The van der Waals surface area contributed by atoms with E-state index in [-0.39, 0.29) is 23.0 Å². The summed E-state index contributed by atoms with van der Waals surface area (Å²) in [7, 11) is 0. The number of benzene rings is 6. The summed E-state index contributed by atoms with van der Waals surface area (Å²) < 4.78 is 0. The summed E-state index contributed by atoms with van der Waals surface area (Å²) in [6, 6.07) is 43.0. The zero-order valence-corrected chi connectivity index (χ0v) is 23.5. The van der Waals surface area contributed by atoms with Crippen LogP contribution >= 0.6 is 0 Å². The molecule has 0 aliphatic rings. The molecule has 6 heteroatoms. The van der Waals surface area contributed by atoms with Crippen molar-refractivity contribution >= 4 is 34.1 Å². The van der Waals surface area contributed by atoms with Gasteiger partial charge in [-0.2, -0.15) is 0 Å². The molecule has 212 valence electrons. The minimum atomic E-state index is 0.192. The van der Waals surface area contributed by atoms with Crippen LogP contribution in [0.25, 0.3) is 11.1 Å². The Hall–Kier alpha value is -5.88. The molecule has 0 spiro atoms. The molecular formula is C37H30N2O4. The van der Waals surface area contributed by atoms with Crippen molar-refractivity contribution in [3.63, 3.8) is 0 Å². The number of nitrogens with zero attached hydrogens (tertiary/aromatic N) is 2. The summed E-state index contributed by atoms with van der Waals surface area (Å²) in [6.45, 7) is 1.87. The minimum Gasteiger partial charge on any atom is -0.508 e. The molecule has 0 radical (unpaired) electrons. The Kier molecular flexibility index (Phi) is 7.33. The van der Waals surface area contributed by atoms with Gasteiger partial charge in [0.05, 0.1) is 0 Å². The third-order valence-electron chi connectivity index (χ3n) is 7.35. The van der Waals surface area contributed by atoms with E-state index in [1.807, 2.05) is 67.6 Å². The number of anilines is 6. The van der Waals surface area contributed by atoms with Crippen molar-refractivity contribution in [1.82, 2.24) is 0 Å². The number of hydrogen-bond donors (Lipinski definition) is 4. The number of hydrogen-bond acceptors (Lipinski definition) is 6. The van der Waals surface area contributed by atoms with Gasteiger partial charge in [-0.1, -0.05) is 24.3 Å². The van der Waals surface area contributed by atoms with Crippen LogP contribution in [0.1, 0.15) is 5.56 Å². The van der Waals surface area contributed by atoms with Crippen LogP contribution in [0.5, 0.6) is 23.0 Å². The largest absolute Gasteiger partial charge is 0.508 e. The fraction of sp³-hybridized carbons (Fsp3) is 0.0270. The summed E-state index contributed by atoms with van der Waals surface area (Å²) in [4.78, 5) is 4.13. The lowest BCUT2D eigenvalue weighted by Crippen LogP contribution is -2.10. The van der Waals surface area contributed by atoms with Gasteiger partial charge in [-0.05, 0) is 139 Å². The smallest absolute Gasteiger partial charge is 0.118 e. The first-order valence-electron chi connectivity index (χ1n) is 13.8. The topological polar surface area (TPSA) is 87.4 Å². The van der Waals surface area contributed by atoms with E-state index in [0.29, 0.717) is 0 Å². The molecule has 0 heterocycles. The van der Waals surface area contributed by atoms with E-state index in [1.165, 1.54) is 0 Å². The van der Waals surface area contributed by atoms with Crippen molar-refractivity contribution in [2.75, 3.05) is 9.80 Å². The van der Waals surface area contributed by atoms with Crippen molar-refractivity contribution in [1.29, 1.82) is 0 Å². The van der Waals surface area contributed by atoms with Crippen LogP contribution in [-0.2, 0) is 0 Å². The Bertz CT molecular complexity index is 1790. The van der Waals surface area contributed by atoms with Crippen molar-refractivity contribution in [2.45, 2.75) is 6.92 Å². The molecule has 6 aromatic rings. The van der Waals surface area contributed by atoms with Crippen molar-refractivity contribution in [3.8, 4) is 34.1 Å². The van der Waals surface area contributed by atoms with E-state index in [0.717, 1.165) is 50.8 Å². The predicted octanol–water partition coefficient (Wildman–Crippen LogP) is 9.42. The third kappa shape index (κ3) is 5.80. The van der Waals surface area contributed by atoms with Crippen LogP contribution in [0.2, 0.25) is 0 Å². The molecule has 0 fully saturated rings. The zero-order valence-electron chi connectivity index (χ0n) is 23.5. The molecule has 0 aliphatic heterocycles. The lowest BCUT2D eigenvalue weighted by Gasteiger charge is -2.26. The first-order valence-corrected chi connectivity index (χ1v) is 13.8. The van der Waals surface area contributed by atoms with E-state index in [4.69, 9.17) is 0 Å².